The third-order valence-corrected chi connectivity index (χ3v) is 3.91. The first kappa shape index (κ1) is 24.0. The van der Waals surface area contributed by atoms with E-state index < -0.39 is 24.5 Å². The van der Waals surface area contributed by atoms with E-state index in [-0.39, 0.29) is 18.6 Å². The van der Waals surface area contributed by atoms with Crippen molar-refractivity contribution in [2.45, 2.75) is 32.4 Å². The highest BCUT2D eigenvalue weighted by Gasteiger charge is 2.26. The molecule has 8 heteroatoms. The van der Waals surface area contributed by atoms with E-state index in [0.717, 1.165) is 12.0 Å². The van der Waals surface area contributed by atoms with Crippen LogP contribution in [0.4, 0.5) is 13.2 Å². The summed E-state index contributed by atoms with van der Waals surface area (Å²) in [5.74, 6) is -0.323. The Morgan fingerprint density at radius 1 is 0.935 bits per heavy atom. The molecular weight excluding hydrogens is 413 g/mol. The molecule has 0 saturated carbocycles. The van der Waals surface area contributed by atoms with Crippen LogP contribution in [0, 0.1) is 0 Å². The smallest absolute Gasteiger partial charge is 0.389 e. The van der Waals surface area contributed by atoms with Crippen molar-refractivity contribution in [1.29, 1.82) is 0 Å². The van der Waals surface area contributed by atoms with Crippen molar-refractivity contribution < 1.29 is 37.0 Å². The monoisotopic (exact) mass is 436 g/mol. The Labute approximate surface area is 178 Å². The van der Waals surface area contributed by atoms with E-state index in [1.807, 2.05) is 6.92 Å². The fourth-order valence-corrected chi connectivity index (χ4v) is 2.38. The summed E-state index contributed by atoms with van der Waals surface area (Å²) >= 11 is 0. The Hall–Kier alpha value is -3.29. The van der Waals surface area contributed by atoms with Crippen LogP contribution >= 0.6 is 0 Å². The van der Waals surface area contributed by atoms with Gasteiger partial charge < -0.3 is 14.2 Å². The van der Waals surface area contributed by atoms with E-state index in [0.29, 0.717) is 18.1 Å². The SMILES string of the molecule is CCCOC(=O)C=Cc1ccc(OC(=O)c2ccc(OCCCC(F)(F)F)cc2)cc1. The summed E-state index contributed by atoms with van der Waals surface area (Å²) in [5, 5.41) is 0. The lowest BCUT2D eigenvalue weighted by Gasteiger charge is -2.09. The molecular formula is C23H23F3O5. The van der Waals surface area contributed by atoms with E-state index in [9.17, 15) is 22.8 Å². The van der Waals surface area contributed by atoms with Crippen LogP contribution in [0.5, 0.6) is 11.5 Å². The molecule has 2 rings (SSSR count). The van der Waals surface area contributed by atoms with Gasteiger partial charge in [0.1, 0.15) is 11.5 Å². The second-order valence-corrected chi connectivity index (χ2v) is 6.55. The molecule has 0 atom stereocenters. The van der Waals surface area contributed by atoms with Gasteiger partial charge in [0.15, 0.2) is 0 Å². The molecule has 0 radical (unpaired) electrons. The van der Waals surface area contributed by atoms with Gasteiger partial charge in [-0.2, -0.15) is 13.2 Å². The summed E-state index contributed by atoms with van der Waals surface area (Å²) in [4.78, 5) is 23.7. The van der Waals surface area contributed by atoms with E-state index >= 15 is 0 Å². The average Bonchev–Trinajstić information content (AvgIpc) is 2.74. The Kier molecular flexibility index (Phi) is 9.12. The van der Waals surface area contributed by atoms with Gasteiger partial charge in [0.2, 0.25) is 0 Å². The molecule has 0 unspecified atom stereocenters. The zero-order chi connectivity index (χ0) is 22.7. The minimum absolute atomic E-state index is 0.0690. The highest BCUT2D eigenvalue weighted by molar-refractivity contribution is 5.91. The third-order valence-electron chi connectivity index (χ3n) is 3.91. The number of rotatable bonds is 10. The lowest BCUT2D eigenvalue weighted by atomic mass is 10.2. The van der Waals surface area contributed by atoms with E-state index in [2.05, 4.69) is 0 Å². The Morgan fingerprint density at radius 3 is 2.19 bits per heavy atom. The molecule has 0 saturated heterocycles. The maximum Gasteiger partial charge on any atom is 0.389 e. The zero-order valence-electron chi connectivity index (χ0n) is 17.0. The topological polar surface area (TPSA) is 61.8 Å². The van der Waals surface area contributed by atoms with Crippen molar-refractivity contribution in [2.24, 2.45) is 0 Å². The van der Waals surface area contributed by atoms with Gasteiger partial charge in [-0.3, -0.25) is 0 Å². The van der Waals surface area contributed by atoms with Gasteiger partial charge in [-0.15, -0.1) is 0 Å². The quantitative estimate of drug-likeness (QED) is 0.210. The number of ether oxygens (including phenoxy) is 3. The van der Waals surface area contributed by atoms with E-state index in [1.54, 1.807) is 30.3 Å². The molecule has 0 aliphatic carbocycles. The van der Waals surface area contributed by atoms with Gasteiger partial charge >= 0.3 is 18.1 Å². The lowest BCUT2D eigenvalue weighted by molar-refractivity contribution is -0.138. The molecule has 5 nitrogen and oxygen atoms in total. The van der Waals surface area contributed by atoms with Crippen LogP contribution in [0.1, 0.15) is 42.1 Å². The number of alkyl halides is 3. The largest absolute Gasteiger partial charge is 0.494 e. The normalized spacial score (nSPS) is 11.4. The highest BCUT2D eigenvalue weighted by atomic mass is 19.4. The van der Waals surface area contributed by atoms with Crippen LogP contribution < -0.4 is 9.47 Å². The standard InChI is InChI=1S/C23H23F3O5/c1-2-15-30-21(27)13-6-17-4-9-20(10-5-17)31-22(28)18-7-11-19(12-8-18)29-16-3-14-23(24,25)26/h4-13H,2-3,14-16H2,1H3. The Balaban J connectivity index is 1.83. The molecule has 2 aromatic rings. The maximum atomic E-state index is 12.2. The van der Waals surface area contributed by atoms with Gasteiger partial charge in [0.05, 0.1) is 18.8 Å². The molecule has 2 aromatic carbocycles. The number of esters is 2. The van der Waals surface area contributed by atoms with Crippen LogP contribution in [-0.2, 0) is 9.53 Å². The molecule has 0 heterocycles. The summed E-state index contributed by atoms with van der Waals surface area (Å²) < 4.78 is 51.8. The third kappa shape index (κ3) is 9.37. The predicted molar refractivity (Wildman–Crippen MR) is 109 cm³/mol. The Morgan fingerprint density at radius 2 is 1.58 bits per heavy atom. The van der Waals surface area contributed by atoms with E-state index in [4.69, 9.17) is 14.2 Å². The molecule has 166 valence electrons. The van der Waals surface area contributed by atoms with Gasteiger partial charge in [0, 0.05) is 12.5 Å². The number of carbonyl (C=O) groups is 2. The van der Waals surface area contributed by atoms with Crippen molar-refractivity contribution in [3.05, 3.63) is 65.7 Å². The number of hydrogen-bond acceptors (Lipinski definition) is 5. The van der Waals surface area contributed by atoms with Crippen LogP contribution in [-0.4, -0.2) is 31.3 Å². The van der Waals surface area contributed by atoms with Crippen LogP contribution in [0.3, 0.4) is 0 Å². The molecule has 0 aromatic heterocycles. The average molecular weight is 436 g/mol. The Bertz CT molecular complexity index is 872. The van der Waals surface area contributed by atoms with Gasteiger partial charge in [0.25, 0.3) is 0 Å². The van der Waals surface area contributed by atoms with Crippen molar-refractivity contribution in [2.75, 3.05) is 13.2 Å². The second kappa shape index (κ2) is 11.8. The fourth-order valence-electron chi connectivity index (χ4n) is 2.38. The number of carbonyl (C=O) groups excluding carboxylic acids is 2. The molecule has 0 aliphatic rings. The van der Waals surface area contributed by atoms with Crippen molar-refractivity contribution in [3.8, 4) is 11.5 Å². The summed E-state index contributed by atoms with van der Waals surface area (Å²) in [7, 11) is 0. The molecule has 0 amide bonds. The van der Waals surface area contributed by atoms with Gasteiger partial charge in [-0.25, -0.2) is 9.59 Å². The van der Waals surface area contributed by atoms with Gasteiger partial charge in [-0.1, -0.05) is 19.1 Å². The molecule has 0 N–H and O–H groups in total. The predicted octanol–water partition coefficient (Wildman–Crippen LogP) is 5.59. The summed E-state index contributed by atoms with van der Waals surface area (Å²) in [6, 6.07) is 12.5. The highest BCUT2D eigenvalue weighted by Crippen LogP contribution is 2.22. The van der Waals surface area contributed by atoms with E-state index in [1.165, 1.54) is 30.3 Å². The number of halogens is 3. The molecule has 0 spiro atoms. The minimum Gasteiger partial charge on any atom is -0.494 e. The van der Waals surface area contributed by atoms with Crippen LogP contribution in [0.25, 0.3) is 6.08 Å². The van der Waals surface area contributed by atoms with Crippen molar-refractivity contribution >= 4 is 18.0 Å². The summed E-state index contributed by atoms with van der Waals surface area (Å²) in [5.41, 5.74) is 1.01. The molecule has 0 aliphatic heterocycles. The summed E-state index contributed by atoms with van der Waals surface area (Å²) in [6.07, 6.45) is -1.59. The molecule has 31 heavy (non-hydrogen) atoms. The summed E-state index contributed by atoms with van der Waals surface area (Å²) in [6.45, 7) is 2.20. The fraction of sp³-hybridized carbons (Fsp3) is 0.304. The minimum atomic E-state index is -4.20. The van der Waals surface area contributed by atoms with Gasteiger partial charge in [-0.05, 0) is 60.9 Å². The second-order valence-electron chi connectivity index (χ2n) is 6.55. The first-order valence-corrected chi connectivity index (χ1v) is 9.73. The zero-order valence-corrected chi connectivity index (χ0v) is 17.0. The molecule has 0 bridgehead atoms. The molecule has 0 fully saturated rings. The number of hydrogen-bond donors (Lipinski definition) is 0. The lowest BCUT2D eigenvalue weighted by Crippen LogP contribution is -2.10. The first-order chi connectivity index (χ1) is 14.8. The van der Waals surface area contributed by atoms with Crippen molar-refractivity contribution in [3.63, 3.8) is 0 Å². The van der Waals surface area contributed by atoms with Crippen LogP contribution in [0.15, 0.2) is 54.6 Å². The van der Waals surface area contributed by atoms with Crippen molar-refractivity contribution in [1.82, 2.24) is 0 Å². The number of benzene rings is 2. The first-order valence-electron chi connectivity index (χ1n) is 9.73. The van der Waals surface area contributed by atoms with Crippen LogP contribution in [0.2, 0.25) is 0 Å². The maximum absolute atomic E-state index is 12.2.